The van der Waals surface area contributed by atoms with Crippen LogP contribution in [-0.2, 0) is 16.8 Å². The number of rotatable bonds is 5. The maximum atomic E-state index is 12.7. The second-order valence-electron chi connectivity index (χ2n) is 6.50. The molecule has 0 saturated heterocycles. The number of benzene rings is 1. The van der Waals surface area contributed by atoms with Crippen molar-refractivity contribution in [2.75, 3.05) is 0 Å². The molecule has 126 valence electrons. The summed E-state index contributed by atoms with van der Waals surface area (Å²) in [6.07, 6.45) is 5.36. The van der Waals surface area contributed by atoms with Crippen LogP contribution in [0.4, 0.5) is 0 Å². The number of carbonyl (C=O) groups is 1. The average Bonchev–Trinajstić information content (AvgIpc) is 3.32. The number of amides is 1. The van der Waals surface area contributed by atoms with Gasteiger partial charge >= 0.3 is 0 Å². The fourth-order valence-corrected chi connectivity index (χ4v) is 3.83. The minimum atomic E-state index is -0.336. The molecular weight excluding hydrogens is 330 g/mol. The second-order valence-corrected chi connectivity index (χ2v) is 7.44. The molecule has 0 unspecified atom stereocenters. The number of thiazole rings is 1. The molecule has 1 aromatic carbocycles. The molecule has 0 atom stereocenters. The number of hydrogen-bond acceptors (Lipinski definition) is 4. The minimum absolute atomic E-state index is 0.110. The molecule has 5 heteroatoms. The van der Waals surface area contributed by atoms with Crippen molar-refractivity contribution < 1.29 is 4.79 Å². The van der Waals surface area contributed by atoms with E-state index in [0.717, 1.165) is 34.7 Å². The van der Waals surface area contributed by atoms with Gasteiger partial charge in [-0.15, -0.1) is 11.3 Å². The fraction of sp³-hybridized carbons (Fsp3) is 0.250. The van der Waals surface area contributed by atoms with E-state index in [-0.39, 0.29) is 11.3 Å². The summed E-state index contributed by atoms with van der Waals surface area (Å²) < 4.78 is 0. The molecule has 1 aliphatic rings. The highest BCUT2D eigenvalue weighted by Gasteiger charge is 2.51. The maximum Gasteiger partial charge on any atom is 0.231 e. The second kappa shape index (κ2) is 6.41. The lowest BCUT2D eigenvalue weighted by atomic mass is 9.93. The van der Waals surface area contributed by atoms with Gasteiger partial charge in [0.25, 0.3) is 0 Å². The van der Waals surface area contributed by atoms with Crippen LogP contribution in [0, 0.1) is 6.92 Å². The Labute approximate surface area is 151 Å². The van der Waals surface area contributed by atoms with Gasteiger partial charge in [-0.3, -0.25) is 9.78 Å². The SMILES string of the molecule is Cc1cccc(C2(C(=O)NCc3nc(-c4ccncc4)cs3)CC2)c1. The molecule has 3 aromatic rings. The lowest BCUT2D eigenvalue weighted by molar-refractivity contribution is -0.123. The highest BCUT2D eigenvalue weighted by atomic mass is 32.1. The van der Waals surface area contributed by atoms with Gasteiger partial charge in [-0.2, -0.15) is 0 Å². The highest BCUT2D eigenvalue weighted by molar-refractivity contribution is 7.09. The summed E-state index contributed by atoms with van der Waals surface area (Å²) in [5.74, 6) is 0.110. The molecule has 1 N–H and O–H groups in total. The quantitative estimate of drug-likeness (QED) is 0.761. The molecule has 1 amide bonds. The summed E-state index contributed by atoms with van der Waals surface area (Å²) in [6, 6.07) is 12.2. The third-order valence-corrected chi connectivity index (χ3v) is 5.53. The summed E-state index contributed by atoms with van der Waals surface area (Å²) in [6.45, 7) is 2.54. The normalized spacial score (nSPS) is 14.9. The third kappa shape index (κ3) is 3.20. The molecule has 25 heavy (non-hydrogen) atoms. The zero-order chi connectivity index (χ0) is 17.3. The van der Waals surface area contributed by atoms with Gasteiger partial charge in [0.05, 0.1) is 17.7 Å². The monoisotopic (exact) mass is 349 g/mol. The molecule has 1 fully saturated rings. The number of pyridine rings is 1. The van der Waals surface area contributed by atoms with Gasteiger partial charge in [0.1, 0.15) is 5.01 Å². The first-order valence-electron chi connectivity index (χ1n) is 8.38. The molecule has 2 aromatic heterocycles. The molecule has 4 rings (SSSR count). The van der Waals surface area contributed by atoms with Crippen LogP contribution in [0.1, 0.15) is 29.0 Å². The van der Waals surface area contributed by atoms with E-state index in [1.807, 2.05) is 23.6 Å². The Kier molecular flexibility index (Phi) is 4.09. The average molecular weight is 349 g/mol. The third-order valence-electron chi connectivity index (χ3n) is 4.68. The molecule has 0 aliphatic heterocycles. The first-order chi connectivity index (χ1) is 12.2. The van der Waals surface area contributed by atoms with Crippen LogP contribution in [0.2, 0.25) is 0 Å². The van der Waals surface area contributed by atoms with Crippen molar-refractivity contribution in [3.05, 3.63) is 70.3 Å². The Balaban J connectivity index is 1.44. The van der Waals surface area contributed by atoms with Crippen LogP contribution in [0.25, 0.3) is 11.3 Å². The van der Waals surface area contributed by atoms with Crippen molar-refractivity contribution in [1.82, 2.24) is 15.3 Å². The van der Waals surface area contributed by atoms with E-state index in [2.05, 4.69) is 40.4 Å². The van der Waals surface area contributed by atoms with Gasteiger partial charge < -0.3 is 5.32 Å². The highest BCUT2D eigenvalue weighted by Crippen LogP contribution is 2.48. The molecule has 1 aliphatic carbocycles. The Bertz CT molecular complexity index is 900. The first-order valence-corrected chi connectivity index (χ1v) is 9.26. The van der Waals surface area contributed by atoms with Gasteiger partial charge in [-0.05, 0) is 37.5 Å². The zero-order valence-corrected chi connectivity index (χ0v) is 14.8. The van der Waals surface area contributed by atoms with Gasteiger partial charge in [0.15, 0.2) is 0 Å². The standard InChI is InChI=1S/C20H19N3OS/c1-14-3-2-4-16(11-14)20(7-8-20)19(24)22-12-18-23-17(13-25-18)15-5-9-21-10-6-15/h2-6,9-11,13H,7-8,12H2,1H3,(H,22,24). The number of aryl methyl sites for hydroxylation is 1. The summed E-state index contributed by atoms with van der Waals surface area (Å²) in [5.41, 5.74) is 3.95. The van der Waals surface area contributed by atoms with Crippen LogP contribution in [0.15, 0.2) is 54.2 Å². The molecular formula is C20H19N3OS. The van der Waals surface area contributed by atoms with E-state index < -0.39 is 0 Å². The maximum absolute atomic E-state index is 12.7. The van der Waals surface area contributed by atoms with E-state index in [4.69, 9.17) is 0 Å². The number of carbonyl (C=O) groups excluding carboxylic acids is 1. The van der Waals surface area contributed by atoms with E-state index in [0.29, 0.717) is 6.54 Å². The summed E-state index contributed by atoms with van der Waals surface area (Å²) in [7, 11) is 0. The zero-order valence-electron chi connectivity index (χ0n) is 14.0. The van der Waals surface area contributed by atoms with Crippen molar-refractivity contribution in [2.45, 2.75) is 31.7 Å². The first kappa shape index (κ1) is 16.0. The predicted molar refractivity (Wildman–Crippen MR) is 99.3 cm³/mol. The number of aromatic nitrogens is 2. The van der Waals surface area contributed by atoms with E-state index in [9.17, 15) is 4.79 Å². The summed E-state index contributed by atoms with van der Waals surface area (Å²) in [4.78, 5) is 21.4. The van der Waals surface area contributed by atoms with Crippen LogP contribution >= 0.6 is 11.3 Å². The van der Waals surface area contributed by atoms with Crippen molar-refractivity contribution >= 4 is 17.2 Å². The van der Waals surface area contributed by atoms with Crippen LogP contribution < -0.4 is 5.32 Å². The smallest absolute Gasteiger partial charge is 0.231 e. The summed E-state index contributed by atoms with van der Waals surface area (Å²) >= 11 is 1.57. The van der Waals surface area contributed by atoms with Crippen LogP contribution in [0.3, 0.4) is 0 Å². The fourth-order valence-electron chi connectivity index (χ4n) is 3.09. The number of hydrogen-bond donors (Lipinski definition) is 1. The van der Waals surface area contributed by atoms with Crippen LogP contribution in [-0.4, -0.2) is 15.9 Å². The Morgan fingerprint density at radius 3 is 2.76 bits per heavy atom. The largest absolute Gasteiger partial charge is 0.349 e. The molecule has 4 nitrogen and oxygen atoms in total. The molecule has 2 heterocycles. The molecule has 0 spiro atoms. The van der Waals surface area contributed by atoms with Gasteiger partial charge in [-0.1, -0.05) is 29.8 Å². The molecule has 1 saturated carbocycles. The predicted octanol–water partition coefficient (Wildman–Crippen LogP) is 3.86. The van der Waals surface area contributed by atoms with Gasteiger partial charge in [0, 0.05) is 23.3 Å². The van der Waals surface area contributed by atoms with Crippen molar-refractivity contribution in [3.8, 4) is 11.3 Å². The summed E-state index contributed by atoms with van der Waals surface area (Å²) in [5, 5.41) is 6.02. The lowest BCUT2D eigenvalue weighted by Gasteiger charge is -2.15. The minimum Gasteiger partial charge on any atom is -0.349 e. The van der Waals surface area contributed by atoms with Crippen molar-refractivity contribution in [1.29, 1.82) is 0 Å². The van der Waals surface area contributed by atoms with Gasteiger partial charge in [0.2, 0.25) is 5.91 Å². The Hall–Kier alpha value is -2.53. The topological polar surface area (TPSA) is 54.9 Å². The van der Waals surface area contributed by atoms with E-state index in [1.165, 1.54) is 5.56 Å². The molecule has 0 bridgehead atoms. The Morgan fingerprint density at radius 1 is 1.24 bits per heavy atom. The number of nitrogens with zero attached hydrogens (tertiary/aromatic N) is 2. The van der Waals surface area contributed by atoms with E-state index in [1.54, 1.807) is 23.7 Å². The molecule has 0 radical (unpaired) electrons. The number of nitrogens with one attached hydrogen (secondary N) is 1. The van der Waals surface area contributed by atoms with E-state index >= 15 is 0 Å². The van der Waals surface area contributed by atoms with Gasteiger partial charge in [-0.25, -0.2) is 4.98 Å². The van der Waals surface area contributed by atoms with Crippen molar-refractivity contribution in [3.63, 3.8) is 0 Å². The Morgan fingerprint density at radius 2 is 2.04 bits per heavy atom. The lowest BCUT2D eigenvalue weighted by Crippen LogP contribution is -2.34. The van der Waals surface area contributed by atoms with Crippen molar-refractivity contribution in [2.24, 2.45) is 0 Å². The van der Waals surface area contributed by atoms with Crippen LogP contribution in [0.5, 0.6) is 0 Å².